The van der Waals surface area contributed by atoms with Gasteiger partial charge in [-0.05, 0) is 62.2 Å². The van der Waals surface area contributed by atoms with Gasteiger partial charge in [0.25, 0.3) is 0 Å². The third-order valence-corrected chi connectivity index (χ3v) is 6.37. The van der Waals surface area contributed by atoms with E-state index in [0.717, 1.165) is 17.8 Å². The van der Waals surface area contributed by atoms with E-state index in [2.05, 4.69) is 27.4 Å². The van der Waals surface area contributed by atoms with Crippen molar-refractivity contribution in [3.63, 3.8) is 0 Å². The van der Waals surface area contributed by atoms with E-state index in [9.17, 15) is 4.79 Å². The van der Waals surface area contributed by atoms with Crippen LogP contribution in [-0.2, 0) is 9.53 Å². The molecule has 112 valence electrons. The van der Waals surface area contributed by atoms with E-state index in [1.54, 1.807) is 6.92 Å². The van der Waals surface area contributed by atoms with Crippen LogP contribution in [0.1, 0.15) is 53.4 Å². The van der Waals surface area contributed by atoms with Crippen molar-refractivity contribution in [2.24, 2.45) is 35.5 Å². The SMILES string of the molecule is C=C(C)C(=O)OC1(C(C)C)C2CC(C)CC3CC1C3C2. The van der Waals surface area contributed by atoms with Gasteiger partial charge in [-0.3, -0.25) is 0 Å². The molecular formula is C18H28O2. The number of esters is 1. The van der Waals surface area contributed by atoms with Gasteiger partial charge in [-0.15, -0.1) is 0 Å². The van der Waals surface area contributed by atoms with E-state index in [0.29, 0.717) is 23.3 Å². The Morgan fingerprint density at radius 2 is 1.95 bits per heavy atom. The molecule has 3 aliphatic rings. The molecule has 0 radical (unpaired) electrons. The second kappa shape index (κ2) is 4.61. The molecule has 3 saturated carbocycles. The maximum Gasteiger partial charge on any atom is 0.333 e. The first-order valence-corrected chi connectivity index (χ1v) is 8.25. The van der Waals surface area contributed by atoms with Crippen molar-refractivity contribution < 1.29 is 9.53 Å². The summed E-state index contributed by atoms with van der Waals surface area (Å²) in [4.78, 5) is 12.2. The Morgan fingerprint density at radius 1 is 1.25 bits per heavy atom. The Bertz CT molecular complexity index is 437. The van der Waals surface area contributed by atoms with Gasteiger partial charge in [-0.1, -0.05) is 27.4 Å². The highest BCUT2D eigenvalue weighted by atomic mass is 16.6. The highest BCUT2D eigenvalue weighted by Crippen LogP contribution is 2.66. The van der Waals surface area contributed by atoms with Gasteiger partial charge in [0, 0.05) is 11.5 Å². The Hall–Kier alpha value is -0.790. The summed E-state index contributed by atoms with van der Waals surface area (Å²) >= 11 is 0. The van der Waals surface area contributed by atoms with Gasteiger partial charge in [-0.2, -0.15) is 0 Å². The fourth-order valence-corrected chi connectivity index (χ4v) is 5.57. The minimum atomic E-state index is -0.216. The van der Waals surface area contributed by atoms with Gasteiger partial charge in [-0.25, -0.2) is 4.79 Å². The van der Waals surface area contributed by atoms with Crippen LogP contribution in [-0.4, -0.2) is 11.6 Å². The molecule has 0 aromatic heterocycles. The summed E-state index contributed by atoms with van der Waals surface area (Å²) < 4.78 is 6.15. The molecule has 0 aliphatic heterocycles. The third-order valence-electron chi connectivity index (χ3n) is 6.37. The van der Waals surface area contributed by atoms with Crippen molar-refractivity contribution in [1.82, 2.24) is 0 Å². The molecule has 2 bridgehead atoms. The van der Waals surface area contributed by atoms with Gasteiger partial charge in [0.2, 0.25) is 0 Å². The quantitative estimate of drug-likeness (QED) is 0.570. The maximum atomic E-state index is 12.2. The zero-order valence-corrected chi connectivity index (χ0v) is 13.3. The van der Waals surface area contributed by atoms with Crippen molar-refractivity contribution in [2.75, 3.05) is 0 Å². The van der Waals surface area contributed by atoms with E-state index >= 15 is 0 Å². The van der Waals surface area contributed by atoms with Gasteiger partial charge >= 0.3 is 5.97 Å². The lowest BCUT2D eigenvalue weighted by Gasteiger charge is -2.53. The average Bonchev–Trinajstić information content (AvgIpc) is 2.48. The number of carbonyl (C=O) groups excluding carboxylic acids is 1. The summed E-state index contributed by atoms with van der Waals surface area (Å²) in [6.07, 6.45) is 5.17. The number of fused-ring (bicyclic) bond motifs is 1. The Labute approximate surface area is 123 Å². The molecular weight excluding hydrogens is 248 g/mol. The monoisotopic (exact) mass is 276 g/mol. The Kier molecular flexibility index (Phi) is 3.26. The van der Waals surface area contributed by atoms with Crippen LogP contribution in [0.15, 0.2) is 12.2 Å². The molecule has 0 amide bonds. The van der Waals surface area contributed by atoms with E-state index in [1.807, 2.05) is 0 Å². The van der Waals surface area contributed by atoms with Gasteiger partial charge < -0.3 is 4.74 Å². The summed E-state index contributed by atoms with van der Waals surface area (Å²) in [6, 6.07) is 0. The molecule has 0 saturated heterocycles. The van der Waals surface area contributed by atoms with Crippen LogP contribution < -0.4 is 0 Å². The molecule has 2 heteroatoms. The predicted octanol–water partition coefficient (Wildman–Crippen LogP) is 4.20. The molecule has 3 fully saturated rings. The first-order valence-electron chi connectivity index (χ1n) is 8.25. The number of hydrogen-bond donors (Lipinski definition) is 0. The molecule has 6 atom stereocenters. The minimum absolute atomic E-state index is 0.180. The maximum absolute atomic E-state index is 12.2. The third kappa shape index (κ3) is 1.79. The van der Waals surface area contributed by atoms with Crippen LogP contribution in [0.2, 0.25) is 0 Å². The number of carbonyl (C=O) groups is 1. The summed E-state index contributed by atoms with van der Waals surface area (Å²) in [5.74, 6) is 3.86. The lowest BCUT2D eigenvalue weighted by Crippen LogP contribution is -2.55. The fraction of sp³-hybridized carbons (Fsp3) is 0.833. The zero-order valence-electron chi connectivity index (χ0n) is 13.3. The lowest BCUT2D eigenvalue weighted by molar-refractivity contribution is -0.188. The Morgan fingerprint density at radius 3 is 2.55 bits per heavy atom. The van der Waals surface area contributed by atoms with Crippen molar-refractivity contribution in [3.05, 3.63) is 12.2 Å². The van der Waals surface area contributed by atoms with Crippen molar-refractivity contribution in [3.8, 4) is 0 Å². The number of ether oxygens (including phenoxy) is 1. The molecule has 0 heterocycles. The lowest BCUT2D eigenvalue weighted by atomic mass is 9.56. The first-order chi connectivity index (χ1) is 9.36. The highest BCUT2D eigenvalue weighted by molar-refractivity contribution is 5.87. The highest BCUT2D eigenvalue weighted by Gasteiger charge is 2.66. The van der Waals surface area contributed by atoms with E-state index in [4.69, 9.17) is 4.74 Å². The van der Waals surface area contributed by atoms with Gasteiger partial charge in [0.05, 0.1) is 0 Å². The largest absolute Gasteiger partial charge is 0.455 e. The molecule has 3 rings (SSSR count). The first kappa shape index (κ1) is 14.2. The normalized spacial score (nSPS) is 45.8. The molecule has 0 aromatic carbocycles. The topological polar surface area (TPSA) is 26.3 Å². The van der Waals surface area contributed by atoms with Crippen LogP contribution in [0.25, 0.3) is 0 Å². The minimum Gasteiger partial charge on any atom is -0.455 e. The molecule has 20 heavy (non-hydrogen) atoms. The van der Waals surface area contributed by atoms with Crippen LogP contribution in [0.4, 0.5) is 0 Å². The fourth-order valence-electron chi connectivity index (χ4n) is 5.57. The van der Waals surface area contributed by atoms with Crippen molar-refractivity contribution in [1.29, 1.82) is 0 Å². The summed E-state index contributed by atoms with van der Waals surface area (Å²) in [5, 5.41) is 0. The molecule has 0 aromatic rings. The van der Waals surface area contributed by atoms with Gasteiger partial charge in [0.1, 0.15) is 5.60 Å². The molecule has 2 nitrogen and oxygen atoms in total. The van der Waals surface area contributed by atoms with E-state index in [-0.39, 0.29) is 11.6 Å². The number of hydrogen-bond acceptors (Lipinski definition) is 2. The molecule has 3 aliphatic carbocycles. The summed E-state index contributed by atoms with van der Waals surface area (Å²) in [7, 11) is 0. The van der Waals surface area contributed by atoms with Crippen LogP contribution >= 0.6 is 0 Å². The van der Waals surface area contributed by atoms with Crippen LogP contribution in [0.3, 0.4) is 0 Å². The van der Waals surface area contributed by atoms with Gasteiger partial charge in [0.15, 0.2) is 0 Å². The molecule has 6 unspecified atom stereocenters. The van der Waals surface area contributed by atoms with Crippen molar-refractivity contribution >= 4 is 5.97 Å². The Balaban J connectivity index is 1.94. The van der Waals surface area contributed by atoms with Crippen LogP contribution in [0.5, 0.6) is 0 Å². The smallest absolute Gasteiger partial charge is 0.333 e. The van der Waals surface area contributed by atoms with E-state index in [1.165, 1.54) is 25.7 Å². The van der Waals surface area contributed by atoms with Crippen LogP contribution in [0, 0.1) is 35.5 Å². The standard InChI is InChI=1S/C18H28O2/c1-10(2)17(19)20-18(11(3)4)14-7-12(5)6-13-8-16(18)15(13)9-14/h11-16H,1,6-9H2,2-5H3. The second-order valence-electron chi connectivity index (χ2n) is 7.95. The molecule has 0 spiro atoms. The average molecular weight is 276 g/mol. The summed E-state index contributed by atoms with van der Waals surface area (Å²) in [6.45, 7) is 12.4. The summed E-state index contributed by atoms with van der Waals surface area (Å²) in [5.41, 5.74) is 0.319. The predicted molar refractivity (Wildman–Crippen MR) is 80.1 cm³/mol. The second-order valence-corrected chi connectivity index (χ2v) is 7.95. The van der Waals surface area contributed by atoms with Crippen molar-refractivity contribution in [2.45, 2.75) is 59.0 Å². The van der Waals surface area contributed by atoms with E-state index < -0.39 is 0 Å². The zero-order chi connectivity index (χ0) is 14.7. The molecule has 0 N–H and O–H groups in total. The number of rotatable bonds is 3.